The first kappa shape index (κ1) is 21.0. The number of ether oxygens (including phenoxy) is 2. The van der Waals surface area contributed by atoms with Crippen molar-refractivity contribution in [3.63, 3.8) is 0 Å². The van der Waals surface area contributed by atoms with Crippen molar-refractivity contribution < 1.29 is 28.7 Å². The Balaban J connectivity index is 1.54. The van der Waals surface area contributed by atoms with Crippen molar-refractivity contribution in [3.8, 4) is 0 Å². The van der Waals surface area contributed by atoms with E-state index in [-0.39, 0.29) is 60.4 Å². The second kappa shape index (κ2) is 9.16. The summed E-state index contributed by atoms with van der Waals surface area (Å²) in [5.41, 5.74) is 1.50. The number of hydrogen-bond donors (Lipinski definition) is 0. The van der Waals surface area contributed by atoms with Crippen LogP contribution in [0.1, 0.15) is 33.1 Å². The molecule has 4 unspecified atom stereocenters. The minimum Gasteiger partial charge on any atom is -0.462 e. The number of rotatable bonds is 8. The molecule has 0 aromatic carbocycles. The van der Waals surface area contributed by atoms with E-state index in [1.165, 1.54) is 13.8 Å². The Labute approximate surface area is 170 Å². The van der Waals surface area contributed by atoms with Gasteiger partial charge in [-0.25, -0.2) is 0 Å². The van der Waals surface area contributed by atoms with Gasteiger partial charge in [0.2, 0.25) is 0 Å². The summed E-state index contributed by atoms with van der Waals surface area (Å²) in [6.07, 6.45) is 13.0. The van der Waals surface area contributed by atoms with Crippen LogP contribution in [0.25, 0.3) is 0 Å². The Morgan fingerprint density at radius 3 is 1.62 bits per heavy atom. The van der Waals surface area contributed by atoms with Gasteiger partial charge >= 0.3 is 11.9 Å². The molecule has 0 amide bonds. The molecule has 29 heavy (non-hydrogen) atoms. The highest BCUT2D eigenvalue weighted by molar-refractivity contribution is 6.08. The Morgan fingerprint density at radius 1 is 0.828 bits per heavy atom. The van der Waals surface area contributed by atoms with Gasteiger partial charge in [0, 0.05) is 25.7 Å². The zero-order valence-corrected chi connectivity index (χ0v) is 16.8. The summed E-state index contributed by atoms with van der Waals surface area (Å²) in [7, 11) is 0. The first-order chi connectivity index (χ1) is 13.9. The van der Waals surface area contributed by atoms with Crippen LogP contribution < -0.4 is 0 Å². The van der Waals surface area contributed by atoms with Crippen LogP contribution in [0.5, 0.6) is 0 Å². The predicted octanol–water partition coefficient (Wildman–Crippen LogP) is 2.89. The third-order valence-electron chi connectivity index (χ3n) is 5.70. The summed E-state index contributed by atoms with van der Waals surface area (Å²) in [5, 5.41) is 0. The molecule has 6 heteroatoms. The predicted molar refractivity (Wildman–Crippen MR) is 106 cm³/mol. The fourth-order valence-corrected chi connectivity index (χ4v) is 4.53. The fourth-order valence-electron chi connectivity index (χ4n) is 4.53. The van der Waals surface area contributed by atoms with Crippen molar-refractivity contribution in [2.45, 2.75) is 33.1 Å². The van der Waals surface area contributed by atoms with Crippen LogP contribution >= 0.6 is 0 Å². The molecule has 4 atom stereocenters. The van der Waals surface area contributed by atoms with E-state index in [2.05, 4.69) is 0 Å². The van der Waals surface area contributed by atoms with Crippen molar-refractivity contribution in [1.29, 1.82) is 0 Å². The van der Waals surface area contributed by atoms with E-state index in [4.69, 9.17) is 9.47 Å². The van der Waals surface area contributed by atoms with Crippen LogP contribution in [0.3, 0.4) is 0 Å². The van der Waals surface area contributed by atoms with Gasteiger partial charge in [0.15, 0.2) is 11.6 Å². The van der Waals surface area contributed by atoms with E-state index in [0.717, 1.165) is 17.6 Å². The van der Waals surface area contributed by atoms with E-state index in [1.807, 2.05) is 24.3 Å². The standard InChI is InChI=1S/C23H26O6/c1-14(24)28-9-5-3-7-16-11-18-13-19-12-17(8-4-6-10-29-15(2)25)23(27)21(19)20(18)22(16)26/h3-6,11-12,18-21H,7-10,13H2,1-2H3/b5-3+,6-4+. The number of fused-ring (bicyclic) bond motifs is 3. The van der Waals surface area contributed by atoms with Crippen LogP contribution in [-0.4, -0.2) is 36.7 Å². The summed E-state index contributed by atoms with van der Waals surface area (Å²) >= 11 is 0. The number of carbonyl (C=O) groups excluding carboxylic acids is 4. The molecule has 0 saturated heterocycles. The van der Waals surface area contributed by atoms with Gasteiger partial charge < -0.3 is 9.47 Å². The molecule has 0 heterocycles. The summed E-state index contributed by atoms with van der Waals surface area (Å²) in [6, 6.07) is 0. The van der Waals surface area contributed by atoms with Crippen molar-refractivity contribution in [1.82, 2.24) is 0 Å². The second-order valence-electron chi connectivity index (χ2n) is 7.68. The molecule has 0 aromatic heterocycles. The monoisotopic (exact) mass is 398 g/mol. The maximum Gasteiger partial charge on any atom is 0.302 e. The van der Waals surface area contributed by atoms with Gasteiger partial charge in [0.1, 0.15) is 13.2 Å². The van der Waals surface area contributed by atoms with Crippen molar-refractivity contribution in [3.05, 3.63) is 47.6 Å². The van der Waals surface area contributed by atoms with Gasteiger partial charge in [0.05, 0.1) is 0 Å². The summed E-state index contributed by atoms with van der Waals surface area (Å²) < 4.78 is 9.68. The number of ketones is 2. The third kappa shape index (κ3) is 4.81. The maximum atomic E-state index is 12.9. The lowest BCUT2D eigenvalue weighted by molar-refractivity contribution is -0.140. The Hall–Kier alpha value is -2.76. The van der Waals surface area contributed by atoms with E-state index in [1.54, 1.807) is 12.2 Å². The molecule has 0 radical (unpaired) electrons. The smallest absolute Gasteiger partial charge is 0.302 e. The Bertz CT molecular complexity index is 760. The Morgan fingerprint density at radius 2 is 1.24 bits per heavy atom. The molecule has 0 bridgehead atoms. The largest absolute Gasteiger partial charge is 0.462 e. The van der Waals surface area contributed by atoms with Gasteiger partial charge in [0.25, 0.3) is 0 Å². The van der Waals surface area contributed by atoms with Gasteiger partial charge in [-0.15, -0.1) is 0 Å². The van der Waals surface area contributed by atoms with Gasteiger partial charge in [-0.2, -0.15) is 0 Å². The zero-order chi connectivity index (χ0) is 21.0. The molecule has 1 saturated carbocycles. The first-order valence-electron chi connectivity index (χ1n) is 9.95. The topological polar surface area (TPSA) is 86.7 Å². The minimum absolute atomic E-state index is 0.0769. The van der Waals surface area contributed by atoms with E-state index >= 15 is 0 Å². The van der Waals surface area contributed by atoms with E-state index in [9.17, 15) is 19.2 Å². The Kier molecular flexibility index (Phi) is 6.62. The van der Waals surface area contributed by atoms with Gasteiger partial charge in [-0.05, 0) is 42.2 Å². The average molecular weight is 398 g/mol. The maximum absolute atomic E-state index is 12.9. The van der Waals surface area contributed by atoms with Crippen molar-refractivity contribution in [2.75, 3.05) is 13.2 Å². The molecule has 0 N–H and O–H groups in total. The van der Waals surface area contributed by atoms with Crippen molar-refractivity contribution >= 4 is 23.5 Å². The number of hydrogen-bond acceptors (Lipinski definition) is 6. The van der Waals surface area contributed by atoms with Crippen LogP contribution in [0, 0.1) is 23.7 Å². The molecule has 0 spiro atoms. The molecular formula is C23H26O6. The number of allylic oxidation sites excluding steroid dienone is 6. The second-order valence-corrected chi connectivity index (χ2v) is 7.68. The lowest BCUT2D eigenvalue weighted by atomic mass is 9.84. The minimum atomic E-state index is -0.337. The number of carbonyl (C=O) groups is 4. The molecular weight excluding hydrogens is 372 g/mol. The molecule has 3 rings (SSSR count). The summed E-state index contributed by atoms with van der Waals surface area (Å²) in [5.74, 6) is -0.745. The van der Waals surface area contributed by atoms with Crippen molar-refractivity contribution in [2.24, 2.45) is 23.7 Å². The highest BCUT2D eigenvalue weighted by Gasteiger charge is 2.54. The highest BCUT2D eigenvalue weighted by atomic mass is 16.5. The molecule has 1 fully saturated rings. The molecule has 0 aromatic rings. The molecule has 6 nitrogen and oxygen atoms in total. The SMILES string of the molecule is CC(=O)OC/C=C/CC1=CC2CC3C=C(C/C=C/COC(C)=O)C(=O)C3C2C1=O. The quantitative estimate of drug-likeness (QED) is 0.462. The summed E-state index contributed by atoms with van der Waals surface area (Å²) in [4.78, 5) is 47.3. The fraction of sp³-hybridized carbons (Fsp3) is 0.478. The van der Waals surface area contributed by atoms with Gasteiger partial charge in [-0.3, -0.25) is 19.2 Å². The van der Waals surface area contributed by atoms with Crippen LogP contribution in [0.4, 0.5) is 0 Å². The normalized spacial score (nSPS) is 27.9. The lowest BCUT2D eigenvalue weighted by Crippen LogP contribution is -2.27. The molecule has 0 aliphatic heterocycles. The molecule has 3 aliphatic rings. The molecule has 154 valence electrons. The first-order valence-corrected chi connectivity index (χ1v) is 9.95. The average Bonchev–Trinajstić information content (AvgIpc) is 3.24. The van der Waals surface area contributed by atoms with E-state index in [0.29, 0.717) is 12.8 Å². The van der Waals surface area contributed by atoms with Crippen LogP contribution in [-0.2, 0) is 28.7 Å². The van der Waals surface area contributed by atoms with Gasteiger partial charge in [-0.1, -0.05) is 36.5 Å². The summed E-state index contributed by atoms with van der Waals surface area (Å²) in [6.45, 7) is 3.10. The lowest BCUT2D eigenvalue weighted by Gasteiger charge is -2.16. The van der Waals surface area contributed by atoms with E-state index < -0.39 is 0 Å². The third-order valence-corrected chi connectivity index (χ3v) is 5.70. The highest BCUT2D eigenvalue weighted by Crippen LogP contribution is 2.53. The van der Waals surface area contributed by atoms with Crippen LogP contribution in [0.15, 0.2) is 47.6 Å². The number of esters is 2. The molecule has 3 aliphatic carbocycles. The zero-order valence-electron chi connectivity index (χ0n) is 16.8. The number of Topliss-reactive ketones (excluding diaryl/α,β-unsaturated/α-hetero) is 2. The van der Waals surface area contributed by atoms with Crippen LogP contribution in [0.2, 0.25) is 0 Å².